The summed E-state index contributed by atoms with van der Waals surface area (Å²) in [7, 11) is 0. The summed E-state index contributed by atoms with van der Waals surface area (Å²) in [6, 6.07) is 18.7. The van der Waals surface area contributed by atoms with Crippen molar-refractivity contribution in [2.45, 2.75) is 65.8 Å². The highest BCUT2D eigenvalue weighted by Crippen LogP contribution is 2.35. The van der Waals surface area contributed by atoms with E-state index in [1.165, 1.54) is 16.7 Å². The van der Waals surface area contributed by atoms with Crippen molar-refractivity contribution in [3.05, 3.63) is 88.0 Å². The first-order valence-corrected chi connectivity index (χ1v) is 13.4. The van der Waals surface area contributed by atoms with Crippen LogP contribution in [0.15, 0.2) is 54.6 Å². The van der Waals surface area contributed by atoms with Crippen LogP contribution in [0.1, 0.15) is 59.6 Å². The fourth-order valence-corrected chi connectivity index (χ4v) is 5.49. The molecule has 0 spiro atoms. The SMILES string of the molecule is CCn1nnc2c(C)c(C(CC(=O)O)c3ccc(C)c(CN4Cc5ccccc5O[C@@H](C)C4)c3)ccc21.O=CO. The van der Waals surface area contributed by atoms with Gasteiger partial charge in [0.2, 0.25) is 0 Å². The van der Waals surface area contributed by atoms with Crippen molar-refractivity contribution in [3.63, 3.8) is 0 Å². The molecule has 0 bridgehead atoms. The van der Waals surface area contributed by atoms with Crippen LogP contribution in [0.4, 0.5) is 0 Å². The fourth-order valence-electron chi connectivity index (χ4n) is 5.49. The van der Waals surface area contributed by atoms with Crippen LogP contribution in [0.2, 0.25) is 0 Å². The minimum Gasteiger partial charge on any atom is -0.489 e. The van der Waals surface area contributed by atoms with Crippen LogP contribution in [-0.4, -0.2) is 55.2 Å². The smallest absolute Gasteiger partial charge is 0.304 e. The Kier molecular flexibility index (Phi) is 9.16. The van der Waals surface area contributed by atoms with E-state index in [0.29, 0.717) is 0 Å². The Hall–Kier alpha value is -4.24. The van der Waals surface area contributed by atoms with Gasteiger partial charge in [-0.25, -0.2) is 4.68 Å². The lowest BCUT2D eigenvalue weighted by atomic mass is 9.84. The molecule has 0 saturated carbocycles. The second kappa shape index (κ2) is 12.7. The third kappa shape index (κ3) is 6.31. The molecule has 4 aromatic rings. The molecule has 1 aliphatic rings. The van der Waals surface area contributed by atoms with E-state index in [9.17, 15) is 9.90 Å². The Bertz CT molecular complexity index is 1500. The topological polar surface area (TPSA) is 118 Å². The second-order valence-corrected chi connectivity index (χ2v) is 10.2. The molecule has 2 atom stereocenters. The minimum absolute atomic E-state index is 0.0126. The lowest BCUT2D eigenvalue weighted by Gasteiger charge is -2.25. The van der Waals surface area contributed by atoms with E-state index in [1.54, 1.807) is 0 Å². The normalized spacial score (nSPS) is 15.8. The van der Waals surface area contributed by atoms with E-state index >= 15 is 0 Å². The Morgan fingerprint density at radius 2 is 1.93 bits per heavy atom. The number of aryl methyl sites for hydroxylation is 3. The third-order valence-corrected chi connectivity index (χ3v) is 7.42. The molecule has 2 heterocycles. The Balaban J connectivity index is 0.00000118. The predicted octanol–water partition coefficient (Wildman–Crippen LogP) is 5.16. The van der Waals surface area contributed by atoms with Crippen LogP contribution < -0.4 is 4.74 Å². The largest absolute Gasteiger partial charge is 0.489 e. The number of rotatable bonds is 7. The summed E-state index contributed by atoms with van der Waals surface area (Å²) in [5.74, 6) is -0.144. The molecule has 1 unspecified atom stereocenters. The summed E-state index contributed by atoms with van der Waals surface area (Å²) in [4.78, 5) is 22.8. The van der Waals surface area contributed by atoms with E-state index in [-0.39, 0.29) is 24.9 Å². The highest BCUT2D eigenvalue weighted by molar-refractivity contribution is 5.80. The minimum atomic E-state index is -0.820. The van der Waals surface area contributed by atoms with Crippen molar-refractivity contribution in [3.8, 4) is 5.75 Å². The molecule has 9 nitrogen and oxygen atoms in total. The van der Waals surface area contributed by atoms with Gasteiger partial charge in [-0.3, -0.25) is 14.5 Å². The standard InChI is InChI=1S/C30H34N4O3.CH2O2/c1-5-34-27-13-12-25(21(4)30(27)31-32-34)26(15-29(35)36)22-11-10-19(2)24(14-22)18-33-16-20(3)37-28-9-7-6-8-23(28)17-33;2-1-3/h6-14,20,26H,5,15-18H2,1-4H3,(H,35,36);1H,(H,2,3)/t20-,26?;/m0./s1. The zero-order valence-electron chi connectivity index (χ0n) is 23.4. The van der Waals surface area contributed by atoms with Crippen molar-refractivity contribution in [1.29, 1.82) is 0 Å². The number of aromatic nitrogens is 3. The monoisotopic (exact) mass is 544 g/mol. The molecule has 0 amide bonds. The van der Waals surface area contributed by atoms with E-state index in [4.69, 9.17) is 14.6 Å². The maximum atomic E-state index is 12.0. The van der Waals surface area contributed by atoms with Gasteiger partial charge in [-0.05, 0) is 67.6 Å². The predicted molar refractivity (Wildman–Crippen MR) is 153 cm³/mol. The molecule has 0 radical (unpaired) electrons. The lowest BCUT2D eigenvalue weighted by molar-refractivity contribution is -0.137. The summed E-state index contributed by atoms with van der Waals surface area (Å²) in [6.45, 7) is 11.2. The van der Waals surface area contributed by atoms with Gasteiger partial charge in [-0.1, -0.05) is 47.7 Å². The molecule has 210 valence electrons. The van der Waals surface area contributed by atoms with Crippen molar-refractivity contribution in [2.75, 3.05) is 6.54 Å². The van der Waals surface area contributed by atoms with Crippen molar-refractivity contribution in [2.24, 2.45) is 0 Å². The van der Waals surface area contributed by atoms with Gasteiger partial charge in [0.05, 0.1) is 11.9 Å². The number of fused-ring (bicyclic) bond motifs is 2. The van der Waals surface area contributed by atoms with E-state index < -0.39 is 5.97 Å². The molecular formula is C31H36N4O5. The summed E-state index contributed by atoms with van der Waals surface area (Å²) < 4.78 is 8.02. The molecule has 40 heavy (non-hydrogen) atoms. The van der Waals surface area contributed by atoms with Gasteiger partial charge in [0.1, 0.15) is 17.4 Å². The van der Waals surface area contributed by atoms with Crippen LogP contribution in [0.25, 0.3) is 11.0 Å². The summed E-state index contributed by atoms with van der Waals surface area (Å²) in [5, 5.41) is 25.4. The Morgan fingerprint density at radius 3 is 2.65 bits per heavy atom. The van der Waals surface area contributed by atoms with Gasteiger partial charge in [-0.2, -0.15) is 0 Å². The molecule has 0 aliphatic carbocycles. The van der Waals surface area contributed by atoms with Gasteiger partial charge in [-0.15, -0.1) is 5.10 Å². The highest BCUT2D eigenvalue weighted by Gasteiger charge is 2.24. The van der Waals surface area contributed by atoms with Crippen LogP contribution in [0.3, 0.4) is 0 Å². The molecule has 1 aliphatic heterocycles. The van der Waals surface area contributed by atoms with E-state index in [2.05, 4.69) is 59.4 Å². The first-order chi connectivity index (χ1) is 19.2. The maximum absolute atomic E-state index is 12.0. The first-order valence-electron chi connectivity index (χ1n) is 13.4. The summed E-state index contributed by atoms with van der Waals surface area (Å²) in [5.41, 5.74) is 8.37. The van der Waals surface area contributed by atoms with Crippen LogP contribution in [-0.2, 0) is 29.2 Å². The Morgan fingerprint density at radius 1 is 1.18 bits per heavy atom. The second-order valence-electron chi connectivity index (χ2n) is 10.2. The van der Waals surface area contributed by atoms with Gasteiger partial charge in [0.15, 0.2) is 0 Å². The molecule has 5 rings (SSSR count). The quantitative estimate of drug-likeness (QED) is 0.307. The van der Waals surface area contributed by atoms with Crippen LogP contribution in [0, 0.1) is 13.8 Å². The molecule has 0 saturated heterocycles. The first kappa shape index (κ1) is 28.8. The van der Waals surface area contributed by atoms with Gasteiger partial charge in [0.25, 0.3) is 6.47 Å². The molecule has 1 aromatic heterocycles. The summed E-state index contributed by atoms with van der Waals surface area (Å²) in [6.07, 6.45) is 0.0939. The van der Waals surface area contributed by atoms with E-state index in [1.807, 2.05) is 42.8 Å². The highest BCUT2D eigenvalue weighted by atomic mass is 16.5. The van der Waals surface area contributed by atoms with Gasteiger partial charge in [0, 0.05) is 37.7 Å². The number of carboxylic acid groups (broad SMARTS) is 2. The van der Waals surface area contributed by atoms with Crippen LogP contribution in [0.5, 0.6) is 5.75 Å². The molecular weight excluding hydrogens is 508 g/mol. The average molecular weight is 545 g/mol. The number of para-hydroxylation sites is 1. The van der Waals surface area contributed by atoms with Crippen molar-refractivity contribution < 1.29 is 24.5 Å². The van der Waals surface area contributed by atoms with Gasteiger partial charge >= 0.3 is 5.97 Å². The molecule has 0 fully saturated rings. The third-order valence-electron chi connectivity index (χ3n) is 7.42. The zero-order chi connectivity index (χ0) is 28.8. The number of hydrogen-bond donors (Lipinski definition) is 2. The lowest BCUT2D eigenvalue weighted by Crippen LogP contribution is -2.30. The average Bonchev–Trinajstić information content (AvgIpc) is 3.27. The van der Waals surface area contributed by atoms with Crippen LogP contribution >= 0.6 is 0 Å². The number of nitrogens with zero attached hydrogens (tertiary/aromatic N) is 4. The fraction of sp³-hybridized carbons (Fsp3) is 0.355. The molecule has 2 N–H and O–H groups in total. The Labute approximate surface area is 234 Å². The summed E-state index contributed by atoms with van der Waals surface area (Å²) >= 11 is 0. The zero-order valence-corrected chi connectivity index (χ0v) is 23.4. The van der Waals surface area contributed by atoms with E-state index in [0.717, 1.165) is 59.7 Å². The molecule has 3 aromatic carbocycles. The number of carboxylic acids is 1. The molecule has 9 heteroatoms. The van der Waals surface area contributed by atoms with Crippen molar-refractivity contribution >= 4 is 23.5 Å². The maximum Gasteiger partial charge on any atom is 0.304 e. The van der Waals surface area contributed by atoms with Gasteiger partial charge < -0.3 is 14.9 Å². The number of benzene rings is 3. The number of carbonyl (C=O) groups is 2. The number of hydrogen-bond acceptors (Lipinski definition) is 6. The van der Waals surface area contributed by atoms with Crippen molar-refractivity contribution in [1.82, 2.24) is 19.9 Å². The number of aliphatic carboxylic acids is 1. The number of ether oxygens (including phenoxy) is 1.